The average molecular weight is 368 g/mol. The highest BCUT2D eigenvalue weighted by molar-refractivity contribution is 9.10. The van der Waals surface area contributed by atoms with Crippen molar-refractivity contribution in [3.8, 4) is 0 Å². The fourth-order valence-corrected chi connectivity index (χ4v) is 2.84. The lowest BCUT2D eigenvalue weighted by molar-refractivity contribution is -0.134. The van der Waals surface area contributed by atoms with Crippen LogP contribution in [0, 0.1) is 5.92 Å². The molecule has 0 aromatic heterocycles. The molecule has 0 atom stereocenters. The Morgan fingerprint density at radius 1 is 1.23 bits per heavy atom. The summed E-state index contributed by atoms with van der Waals surface area (Å²) in [5.74, 6) is 0.163. The third-order valence-electron chi connectivity index (χ3n) is 3.92. The van der Waals surface area contributed by atoms with E-state index in [1.807, 2.05) is 29.2 Å². The maximum atomic E-state index is 12.3. The predicted octanol–water partition coefficient (Wildman–Crippen LogP) is 2.37. The third-order valence-corrected chi connectivity index (χ3v) is 4.45. The standard InChI is InChI=1S/C16H22BrN3O2/c17-13-3-5-14(6-4-13)19-16(22)12-7-10-20(11-8-12)15(21)2-1-9-18/h3-6,12H,1-2,7-11,18H2,(H,19,22). The maximum Gasteiger partial charge on any atom is 0.227 e. The van der Waals surface area contributed by atoms with Gasteiger partial charge in [-0.25, -0.2) is 0 Å². The monoisotopic (exact) mass is 367 g/mol. The van der Waals surface area contributed by atoms with Gasteiger partial charge in [0.1, 0.15) is 0 Å². The Morgan fingerprint density at radius 3 is 2.45 bits per heavy atom. The Labute approximate surface area is 139 Å². The Bertz CT molecular complexity index is 511. The molecule has 1 aliphatic heterocycles. The van der Waals surface area contributed by atoms with E-state index in [-0.39, 0.29) is 17.7 Å². The SMILES string of the molecule is NCCCC(=O)N1CCC(C(=O)Nc2ccc(Br)cc2)CC1. The minimum absolute atomic E-state index is 0.0257. The second-order valence-electron chi connectivity index (χ2n) is 5.54. The Hall–Kier alpha value is -1.40. The normalized spacial score (nSPS) is 15.6. The second-order valence-corrected chi connectivity index (χ2v) is 6.46. The van der Waals surface area contributed by atoms with Crippen molar-refractivity contribution in [2.45, 2.75) is 25.7 Å². The first kappa shape index (κ1) is 17.0. The van der Waals surface area contributed by atoms with Crippen LogP contribution in [0.5, 0.6) is 0 Å². The minimum atomic E-state index is -0.0257. The number of anilines is 1. The number of halogens is 1. The van der Waals surface area contributed by atoms with Crippen molar-refractivity contribution in [3.63, 3.8) is 0 Å². The Kier molecular flexibility index (Phi) is 6.39. The predicted molar refractivity (Wildman–Crippen MR) is 90.4 cm³/mol. The molecule has 2 rings (SSSR count). The smallest absolute Gasteiger partial charge is 0.227 e. The van der Waals surface area contributed by atoms with Crippen molar-refractivity contribution in [1.29, 1.82) is 0 Å². The first-order valence-corrected chi connectivity index (χ1v) is 8.43. The number of piperidine rings is 1. The van der Waals surface area contributed by atoms with Gasteiger partial charge in [-0.3, -0.25) is 9.59 Å². The molecule has 0 radical (unpaired) electrons. The summed E-state index contributed by atoms with van der Waals surface area (Å²) in [4.78, 5) is 26.0. The molecule has 22 heavy (non-hydrogen) atoms. The molecule has 6 heteroatoms. The molecule has 0 bridgehead atoms. The summed E-state index contributed by atoms with van der Waals surface area (Å²) in [5.41, 5.74) is 6.22. The number of rotatable bonds is 5. The van der Waals surface area contributed by atoms with Crippen molar-refractivity contribution >= 4 is 33.4 Å². The highest BCUT2D eigenvalue weighted by Gasteiger charge is 2.27. The number of likely N-dealkylation sites (tertiary alicyclic amines) is 1. The van der Waals surface area contributed by atoms with Crippen LogP contribution < -0.4 is 11.1 Å². The largest absolute Gasteiger partial charge is 0.343 e. The number of amides is 2. The van der Waals surface area contributed by atoms with Crippen molar-refractivity contribution < 1.29 is 9.59 Å². The summed E-state index contributed by atoms with van der Waals surface area (Å²) in [5, 5.41) is 2.94. The van der Waals surface area contributed by atoms with Gasteiger partial charge in [0.05, 0.1) is 0 Å². The van der Waals surface area contributed by atoms with Gasteiger partial charge >= 0.3 is 0 Å². The summed E-state index contributed by atoms with van der Waals surface area (Å²) in [6.45, 7) is 1.85. The molecular weight excluding hydrogens is 346 g/mol. The average Bonchev–Trinajstić information content (AvgIpc) is 2.55. The molecule has 0 aliphatic carbocycles. The summed E-state index contributed by atoms with van der Waals surface area (Å²) < 4.78 is 0.981. The topological polar surface area (TPSA) is 75.4 Å². The molecule has 1 aromatic rings. The van der Waals surface area contributed by atoms with Crippen LogP contribution in [-0.4, -0.2) is 36.3 Å². The number of nitrogens with two attached hydrogens (primary N) is 1. The summed E-state index contributed by atoms with van der Waals surface area (Å²) in [7, 11) is 0. The molecule has 1 saturated heterocycles. The van der Waals surface area contributed by atoms with Crippen LogP contribution in [0.15, 0.2) is 28.7 Å². The van der Waals surface area contributed by atoms with E-state index in [4.69, 9.17) is 5.73 Å². The number of nitrogens with zero attached hydrogens (tertiary/aromatic N) is 1. The fourth-order valence-electron chi connectivity index (χ4n) is 2.58. The van der Waals surface area contributed by atoms with Crippen molar-refractivity contribution in [1.82, 2.24) is 4.90 Å². The van der Waals surface area contributed by atoms with E-state index in [1.54, 1.807) is 0 Å². The highest BCUT2D eigenvalue weighted by atomic mass is 79.9. The van der Waals surface area contributed by atoms with E-state index < -0.39 is 0 Å². The Balaban J connectivity index is 1.79. The summed E-state index contributed by atoms with van der Waals surface area (Å²) in [6.07, 6.45) is 2.67. The number of carbonyl (C=O) groups is 2. The zero-order valence-corrected chi connectivity index (χ0v) is 14.1. The zero-order valence-electron chi connectivity index (χ0n) is 12.6. The van der Waals surface area contributed by atoms with Gasteiger partial charge < -0.3 is 16.0 Å². The number of carbonyl (C=O) groups excluding carboxylic acids is 2. The molecule has 0 saturated carbocycles. The number of hydrogen-bond donors (Lipinski definition) is 2. The number of hydrogen-bond acceptors (Lipinski definition) is 3. The molecule has 1 aromatic carbocycles. The van der Waals surface area contributed by atoms with Gasteiger partial charge in [-0.15, -0.1) is 0 Å². The van der Waals surface area contributed by atoms with Gasteiger partial charge in [-0.1, -0.05) is 15.9 Å². The van der Waals surface area contributed by atoms with Crippen molar-refractivity contribution in [3.05, 3.63) is 28.7 Å². The molecule has 0 spiro atoms. The molecule has 2 amide bonds. The summed E-state index contributed by atoms with van der Waals surface area (Å²) in [6, 6.07) is 7.53. The minimum Gasteiger partial charge on any atom is -0.343 e. The number of nitrogens with one attached hydrogen (secondary N) is 1. The van der Waals surface area contributed by atoms with Gasteiger partial charge in [0, 0.05) is 35.6 Å². The van der Waals surface area contributed by atoms with E-state index in [0.29, 0.717) is 26.1 Å². The first-order valence-electron chi connectivity index (χ1n) is 7.64. The van der Waals surface area contributed by atoms with E-state index in [2.05, 4.69) is 21.2 Å². The summed E-state index contributed by atoms with van der Waals surface area (Å²) >= 11 is 3.37. The van der Waals surface area contributed by atoms with Crippen molar-refractivity contribution in [2.24, 2.45) is 11.7 Å². The Morgan fingerprint density at radius 2 is 1.86 bits per heavy atom. The molecule has 1 aliphatic rings. The lowest BCUT2D eigenvalue weighted by Crippen LogP contribution is -2.41. The first-order chi connectivity index (χ1) is 10.6. The van der Waals surface area contributed by atoms with Crippen LogP contribution in [0.3, 0.4) is 0 Å². The zero-order chi connectivity index (χ0) is 15.9. The molecular formula is C16H22BrN3O2. The van der Waals surface area contributed by atoms with Gasteiger partial charge in [-0.05, 0) is 50.1 Å². The van der Waals surface area contributed by atoms with Gasteiger partial charge in [0.2, 0.25) is 11.8 Å². The maximum absolute atomic E-state index is 12.3. The van der Waals surface area contributed by atoms with E-state index in [0.717, 1.165) is 29.4 Å². The van der Waals surface area contributed by atoms with Crippen LogP contribution in [0.4, 0.5) is 5.69 Å². The van der Waals surface area contributed by atoms with Crippen LogP contribution in [0.2, 0.25) is 0 Å². The van der Waals surface area contributed by atoms with E-state index >= 15 is 0 Å². The van der Waals surface area contributed by atoms with Gasteiger partial charge in [-0.2, -0.15) is 0 Å². The van der Waals surface area contributed by atoms with Gasteiger partial charge in [0.25, 0.3) is 0 Å². The van der Waals surface area contributed by atoms with Gasteiger partial charge in [0.15, 0.2) is 0 Å². The van der Waals surface area contributed by atoms with E-state index in [9.17, 15) is 9.59 Å². The highest BCUT2D eigenvalue weighted by Crippen LogP contribution is 2.21. The second kappa shape index (κ2) is 8.29. The molecule has 120 valence electrons. The molecule has 0 unspecified atom stereocenters. The lowest BCUT2D eigenvalue weighted by Gasteiger charge is -2.31. The molecule has 1 fully saturated rings. The van der Waals surface area contributed by atoms with E-state index in [1.165, 1.54) is 0 Å². The van der Waals surface area contributed by atoms with Crippen LogP contribution in [0.1, 0.15) is 25.7 Å². The quantitative estimate of drug-likeness (QED) is 0.838. The van der Waals surface area contributed by atoms with Crippen LogP contribution in [-0.2, 0) is 9.59 Å². The van der Waals surface area contributed by atoms with Crippen LogP contribution >= 0.6 is 15.9 Å². The molecule has 5 nitrogen and oxygen atoms in total. The van der Waals surface area contributed by atoms with Crippen LogP contribution in [0.25, 0.3) is 0 Å². The van der Waals surface area contributed by atoms with Crippen molar-refractivity contribution in [2.75, 3.05) is 25.0 Å². The fraction of sp³-hybridized carbons (Fsp3) is 0.500. The lowest BCUT2D eigenvalue weighted by atomic mass is 9.95. The molecule has 1 heterocycles. The third kappa shape index (κ3) is 4.81. The molecule has 3 N–H and O–H groups in total. The number of benzene rings is 1.